The molecule has 9 nitrogen and oxygen atoms in total. The molecule has 0 atom stereocenters. The van der Waals surface area contributed by atoms with E-state index in [1.54, 1.807) is 30.2 Å². The number of aromatic nitrogens is 4. The summed E-state index contributed by atoms with van der Waals surface area (Å²) in [6.45, 7) is 1.01. The molecule has 0 spiro atoms. The van der Waals surface area contributed by atoms with E-state index in [2.05, 4.69) is 25.9 Å². The van der Waals surface area contributed by atoms with Gasteiger partial charge in [-0.1, -0.05) is 5.21 Å². The van der Waals surface area contributed by atoms with Crippen LogP contribution in [0, 0.1) is 10.1 Å². The molecule has 0 aliphatic carbocycles. The second-order valence-corrected chi connectivity index (χ2v) is 3.66. The van der Waals surface area contributed by atoms with Crippen molar-refractivity contribution in [2.24, 2.45) is 0 Å². The van der Waals surface area contributed by atoms with Gasteiger partial charge in [-0.25, -0.2) is 4.98 Å². The van der Waals surface area contributed by atoms with E-state index in [9.17, 15) is 10.1 Å². The molecule has 19 heavy (non-hydrogen) atoms. The molecule has 2 N–H and O–H groups in total. The molecule has 0 saturated carbocycles. The summed E-state index contributed by atoms with van der Waals surface area (Å²) in [5.74, 6) is 0.797. The normalized spacial score (nSPS) is 10.2. The van der Waals surface area contributed by atoms with E-state index in [-0.39, 0.29) is 11.5 Å². The molecule has 0 bridgehead atoms. The van der Waals surface area contributed by atoms with Crippen LogP contribution in [0.5, 0.6) is 0 Å². The van der Waals surface area contributed by atoms with E-state index in [0.29, 0.717) is 18.9 Å². The Morgan fingerprint density at radius 1 is 1.47 bits per heavy atom. The van der Waals surface area contributed by atoms with Gasteiger partial charge in [0.15, 0.2) is 0 Å². The van der Waals surface area contributed by atoms with Gasteiger partial charge in [-0.15, -0.1) is 5.10 Å². The van der Waals surface area contributed by atoms with Crippen LogP contribution in [0.15, 0.2) is 24.5 Å². The number of nitrogens with zero attached hydrogens (tertiary/aromatic N) is 5. The molecule has 2 aromatic heterocycles. The fraction of sp³-hybridized carbons (Fsp3) is 0.300. The van der Waals surface area contributed by atoms with Crippen LogP contribution in [0.3, 0.4) is 0 Å². The van der Waals surface area contributed by atoms with E-state index in [1.165, 1.54) is 6.07 Å². The molecule has 0 aromatic carbocycles. The minimum atomic E-state index is -0.468. The zero-order valence-electron chi connectivity index (χ0n) is 10.3. The van der Waals surface area contributed by atoms with Crippen molar-refractivity contribution in [3.8, 4) is 0 Å². The Bertz CT molecular complexity index is 555. The Hall–Kier alpha value is -2.71. The lowest BCUT2D eigenvalue weighted by Crippen LogP contribution is -2.13. The van der Waals surface area contributed by atoms with Gasteiger partial charge in [0.25, 0.3) is 0 Å². The highest BCUT2D eigenvalue weighted by molar-refractivity contribution is 5.60. The van der Waals surface area contributed by atoms with Gasteiger partial charge in [0.05, 0.1) is 17.7 Å². The molecule has 9 heteroatoms. The first-order valence-corrected chi connectivity index (χ1v) is 5.62. The lowest BCUT2D eigenvalue weighted by atomic mass is 10.3. The van der Waals surface area contributed by atoms with Gasteiger partial charge >= 0.3 is 5.69 Å². The second-order valence-electron chi connectivity index (χ2n) is 3.66. The molecule has 0 aliphatic rings. The SMILES string of the molecule is CNc1ccc([N+](=O)[O-])c(NCCn2ccnn2)n1. The third-order valence-electron chi connectivity index (χ3n) is 2.43. The molecular formula is C10H13N7O2. The quantitative estimate of drug-likeness (QED) is 0.583. The predicted octanol–water partition coefficient (Wildman–Crippen LogP) is 0.735. The fourth-order valence-corrected chi connectivity index (χ4v) is 1.51. The average molecular weight is 263 g/mol. The Morgan fingerprint density at radius 3 is 2.95 bits per heavy atom. The monoisotopic (exact) mass is 263 g/mol. The highest BCUT2D eigenvalue weighted by atomic mass is 16.6. The average Bonchev–Trinajstić information content (AvgIpc) is 2.91. The summed E-state index contributed by atoms with van der Waals surface area (Å²) in [6, 6.07) is 2.97. The molecule has 2 rings (SSSR count). The van der Waals surface area contributed by atoms with Crippen molar-refractivity contribution in [1.82, 2.24) is 20.0 Å². The van der Waals surface area contributed by atoms with Gasteiger partial charge in [0, 0.05) is 25.9 Å². The maximum Gasteiger partial charge on any atom is 0.311 e. The van der Waals surface area contributed by atoms with Crippen LogP contribution in [-0.4, -0.2) is 38.5 Å². The summed E-state index contributed by atoms with van der Waals surface area (Å²) in [5, 5.41) is 24.1. The number of pyridine rings is 1. The largest absolute Gasteiger partial charge is 0.373 e. The number of hydrogen-bond donors (Lipinski definition) is 2. The van der Waals surface area contributed by atoms with Crippen molar-refractivity contribution in [2.45, 2.75) is 6.54 Å². The van der Waals surface area contributed by atoms with Crippen molar-refractivity contribution >= 4 is 17.3 Å². The topological polar surface area (TPSA) is 111 Å². The number of hydrogen-bond acceptors (Lipinski definition) is 7. The van der Waals surface area contributed by atoms with Crippen LogP contribution in [0.1, 0.15) is 0 Å². The van der Waals surface area contributed by atoms with Gasteiger partial charge < -0.3 is 10.6 Å². The third kappa shape index (κ3) is 3.15. The van der Waals surface area contributed by atoms with Crippen LogP contribution < -0.4 is 10.6 Å². The number of rotatable bonds is 6. The molecular weight excluding hydrogens is 250 g/mol. The summed E-state index contributed by atoms with van der Waals surface area (Å²) in [4.78, 5) is 14.5. The van der Waals surface area contributed by atoms with E-state index < -0.39 is 4.92 Å². The highest BCUT2D eigenvalue weighted by Gasteiger charge is 2.15. The van der Waals surface area contributed by atoms with Crippen molar-refractivity contribution in [3.05, 3.63) is 34.6 Å². The summed E-state index contributed by atoms with van der Waals surface area (Å²) in [5.41, 5.74) is -0.0578. The summed E-state index contributed by atoms with van der Waals surface area (Å²) < 4.78 is 1.63. The Morgan fingerprint density at radius 2 is 2.32 bits per heavy atom. The van der Waals surface area contributed by atoms with Crippen LogP contribution in [0.4, 0.5) is 17.3 Å². The number of nitro groups is 1. The standard InChI is InChI=1S/C10H13N7O2/c1-11-9-3-2-8(17(18)19)10(14-9)12-4-6-16-7-5-13-15-16/h2-3,5,7H,4,6H2,1H3,(H2,11,12,14). The minimum Gasteiger partial charge on any atom is -0.373 e. The minimum absolute atomic E-state index is 0.0578. The van der Waals surface area contributed by atoms with Crippen LogP contribution in [-0.2, 0) is 6.54 Å². The van der Waals surface area contributed by atoms with Gasteiger partial charge in [0.1, 0.15) is 5.82 Å². The molecule has 0 aliphatic heterocycles. The van der Waals surface area contributed by atoms with Gasteiger partial charge in [-0.05, 0) is 6.07 Å². The maximum absolute atomic E-state index is 10.9. The predicted molar refractivity (Wildman–Crippen MR) is 68.9 cm³/mol. The molecule has 2 aromatic rings. The smallest absolute Gasteiger partial charge is 0.311 e. The van der Waals surface area contributed by atoms with Crippen LogP contribution >= 0.6 is 0 Å². The maximum atomic E-state index is 10.9. The van der Waals surface area contributed by atoms with Crippen molar-refractivity contribution in [3.63, 3.8) is 0 Å². The van der Waals surface area contributed by atoms with E-state index in [4.69, 9.17) is 0 Å². The Kier molecular flexibility index (Phi) is 3.86. The first-order chi connectivity index (χ1) is 9.20. The first kappa shape index (κ1) is 12.7. The van der Waals surface area contributed by atoms with Crippen molar-refractivity contribution < 1.29 is 4.92 Å². The fourth-order valence-electron chi connectivity index (χ4n) is 1.51. The Labute approximate surface area is 108 Å². The first-order valence-electron chi connectivity index (χ1n) is 5.62. The van der Waals surface area contributed by atoms with Gasteiger partial charge in [0.2, 0.25) is 5.82 Å². The summed E-state index contributed by atoms with van der Waals surface area (Å²) in [7, 11) is 1.70. The number of nitrogens with one attached hydrogen (secondary N) is 2. The Balaban J connectivity index is 2.06. The molecule has 0 unspecified atom stereocenters. The van der Waals surface area contributed by atoms with Gasteiger partial charge in [-0.3, -0.25) is 14.8 Å². The lowest BCUT2D eigenvalue weighted by Gasteiger charge is -2.07. The molecule has 0 saturated heterocycles. The number of anilines is 2. The van der Waals surface area contributed by atoms with E-state index in [0.717, 1.165) is 0 Å². The molecule has 100 valence electrons. The second kappa shape index (κ2) is 5.76. The van der Waals surface area contributed by atoms with Crippen molar-refractivity contribution in [2.75, 3.05) is 24.2 Å². The zero-order chi connectivity index (χ0) is 13.7. The van der Waals surface area contributed by atoms with Crippen molar-refractivity contribution in [1.29, 1.82) is 0 Å². The summed E-state index contributed by atoms with van der Waals surface area (Å²) in [6.07, 6.45) is 3.29. The lowest BCUT2D eigenvalue weighted by molar-refractivity contribution is -0.384. The van der Waals surface area contributed by atoms with E-state index >= 15 is 0 Å². The van der Waals surface area contributed by atoms with Crippen LogP contribution in [0.25, 0.3) is 0 Å². The van der Waals surface area contributed by atoms with E-state index in [1.807, 2.05) is 0 Å². The molecule has 0 radical (unpaired) electrons. The third-order valence-corrected chi connectivity index (χ3v) is 2.43. The molecule has 0 fully saturated rings. The van der Waals surface area contributed by atoms with Gasteiger partial charge in [-0.2, -0.15) is 0 Å². The van der Waals surface area contributed by atoms with Crippen LogP contribution in [0.2, 0.25) is 0 Å². The summed E-state index contributed by atoms with van der Waals surface area (Å²) >= 11 is 0. The highest BCUT2D eigenvalue weighted by Crippen LogP contribution is 2.23. The zero-order valence-corrected chi connectivity index (χ0v) is 10.3. The molecule has 2 heterocycles. The molecule has 0 amide bonds.